The standard InChI is InChI=1S/C13H22N4O3S/c1-13(2,17-21(3,19)20)9-15-12(18)16-11-6-4-5-10(7-11)8-14/h4-7,17H,8-9,14H2,1-3H3,(H2,15,16,18). The van der Waals surface area contributed by atoms with Crippen molar-refractivity contribution < 1.29 is 13.2 Å². The van der Waals surface area contributed by atoms with Crippen LogP contribution in [-0.2, 0) is 16.6 Å². The van der Waals surface area contributed by atoms with Gasteiger partial charge in [-0.15, -0.1) is 0 Å². The first-order chi connectivity index (χ1) is 9.61. The van der Waals surface area contributed by atoms with Gasteiger partial charge in [-0.05, 0) is 31.5 Å². The van der Waals surface area contributed by atoms with Crippen LogP contribution in [0, 0.1) is 0 Å². The van der Waals surface area contributed by atoms with Gasteiger partial charge in [-0.1, -0.05) is 12.1 Å². The van der Waals surface area contributed by atoms with E-state index in [1.54, 1.807) is 32.0 Å². The van der Waals surface area contributed by atoms with Crippen molar-refractivity contribution in [3.63, 3.8) is 0 Å². The molecule has 5 N–H and O–H groups in total. The number of carbonyl (C=O) groups excluding carboxylic acids is 1. The molecule has 1 rings (SSSR count). The van der Waals surface area contributed by atoms with Crippen LogP contribution in [0.4, 0.5) is 10.5 Å². The van der Waals surface area contributed by atoms with Crippen LogP contribution in [0.25, 0.3) is 0 Å². The van der Waals surface area contributed by atoms with E-state index in [0.29, 0.717) is 12.2 Å². The molecule has 0 aliphatic carbocycles. The van der Waals surface area contributed by atoms with Crippen LogP contribution in [0.15, 0.2) is 24.3 Å². The first-order valence-electron chi connectivity index (χ1n) is 6.44. The number of nitrogens with one attached hydrogen (secondary N) is 3. The molecule has 0 saturated carbocycles. The van der Waals surface area contributed by atoms with Crippen LogP contribution >= 0.6 is 0 Å². The number of urea groups is 1. The molecule has 1 aromatic rings. The van der Waals surface area contributed by atoms with Crippen LogP contribution in [0.5, 0.6) is 0 Å². The molecule has 0 aromatic heterocycles. The van der Waals surface area contributed by atoms with Gasteiger partial charge in [0.2, 0.25) is 10.0 Å². The van der Waals surface area contributed by atoms with E-state index in [-0.39, 0.29) is 6.54 Å². The van der Waals surface area contributed by atoms with Crippen LogP contribution in [0.3, 0.4) is 0 Å². The molecule has 0 atom stereocenters. The quantitative estimate of drug-likeness (QED) is 0.615. The summed E-state index contributed by atoms with van der Waals surface area (Å²) in [4.78, 5) is 11.8. The lowest BCUT2D eigenvalue weighted by Gasteiger charge is -2.25. The first kappa shape index (κ1) is 17.4. The molecule has 0 saturated heterocycles. The van der Waals surface area contributed by atoms with E-state index in [4.69, 9.17) is 5.73 Å². The van der Waals surface area contributed by atoms with Crippen LogP contribution in [0.2, 0.25) is 0 Å². The lowest BCUT2D eigenvalue weighted by atomic mass is 10.1. The summed E-state index contributed by atoms with van der Waals surface area (Å²) in [6.45, 7) is 3.91. The predicted octanol–water partition coefficient (Wildman–Crippen LogP) is 0.595. The second-order valence-electron chi connectivity index (χ2n) is 5.47. The van der Waals surface area contributed by atoms with E-state index in [0.717, 1.165) is 11.8 Å². The molecular weight excluding hydrogens is 292 g/mol. The minimum Gasteiger partial charge on any atom is -0.336 e. The van der Waals surface area contributed by atoms with Crippen molar-refractivity contribution in [2.75, 3.05) is 18.1 Å². The highest BCUT2D eigenvalue weighted by molar-refractivity contribution is 7.88. The Morgan fingerprint density at radius 2 is 2.00 bits per heavy atom. The number of nitrogens with two attached hydrogens (primary N) is 1. The summed E-state index contributed by atoms with van der Waals surface area (Å²) in [7, 11) is -3.33. The summed E-state index contributed by atoms with van der Waals surface area (Å²) < 4.78 is 24.8. The molecule has 0 spiro atoms. The molecule has 21 heavy (non-hydrogen) atoms. The van der Waals surface area contributed by atoms with Gasteiger partial charge in [0.25, 0.3) is 0 Å². The third kappa shape index (κ3) is 7.07. The SMILES string of the molecule is CC(C)(CNC(=O)Nc1cccc(CN)c1)NS(C)(=O)=O. The zero-order valence-electron chi connectivity index (χ0n) is 12.4. The second-order valence-corrected chi connectivity index (χ2v) is 7.22. The van der Waals surface area contributed by atoms with Gasteiger partial charge in [-0.3, -0.25) is 0 Å². The Hall–Kier alpha value is -1.64. The van der Waals surface area contributed by atoms with Crippen LogP contribution < -0.4 is 21.1 Å². The highest BCUT2D eigenvalue weighted by Gasteiger charge is 2.22. The zero-order valence-corrected chi connectivity index (χ0v) is 13.3. The van der Waals surface area contributed by atoms with E-state index >= 15 is 0 Å². The van der Waals surface area contributed by atoms with Gasteiger partial charge in [0.1, 0.15) is 0 Å². The van der Waals surface area contributed by atoms with Crippen LogP contribution in [-0.4, -0.2) is 32.8 Å². The number of anilines is 1. The van der Waals surface area contributed by atoms with E-state index in [1.165, 1.54) is 0 Å². The molecule has 8 heteroatoms. The average molecular weight is 314 g/mol. The van der Waals surface area contributed by atoms with Crippen LogP contribution in [0.1, 0.15) is 19.4 Å². The van der Waals surface area contributed by atoms with Gasteiger partial charge in [0.05, 0.1) is 6.26 Å². The maximum atomic E-state index is 11.8. The van der Waals surface area contributed by atoms with Crippen molar-refractivity contribution >= 4 is 21.7 Å². The van der Waals surface area contributed by atoms with E-state index in [1.807, 2.05) is 6.07 Å². The van der Waals surface area contributed by atoms with Crippen molar-refractivity contribution in [1.82, 2.24) is 10.0 Å². The fourth-order valence-electron chi connectivity index (χ4n) is 1.79. The summed E-state index contributed by atoms with van der Waals surface area (Å²) in [6, 6.07) is 6.78. The Morgan fingerprint density at radius 3 is 2.57 bits per heavy atom. The molecule has 0 aliphatic heterocycles. The largest absolute Gasteiger partial charge is 0.336 e. The number of hydrogen-bond acceptors (Lipinski definition) is 4. The fourth-order valence-corrected chi connectivity index (χ4v) is 2.87. The number of amides is 2. The van der Waals surface area contributed by atoms with Gasteiger partial charge in [-0.2, -0.15) is 0 Å². The number of rotatable bonds is 6. The molecule has 0 heterocycles. The molecule has 1 aromatic carbocycles. The first-order valence-corrected chi connectivity index (χ1v) is 8.33. The summed E-state index contributed by atoms with van der Waals surface area (Å²) in [5, 5.41) is 5.29. The molecule has 2 amide bonds. The van der Waals surface area contributed by atoms with Gasteiger partial charge >= 0.3 is 6.03 Å². The normalized spacial score (nSPS) is 12.0. The summed E-state index contributed by atoms with van der Waals surface area (Å²) in [5.41, 5.74) is 6.29. The lowest BCUT2D eigenvalue weighted by molar-refractivity contribution is 0.249. The fraction of sp³-hybridized carbons (Fsp3) is 0.462. The smallest absolute Gasteiger partial charge is 0.319 e. The van der Waals surface area contributed by atoms with E-state index in [2.05, 4.69) is 15.4 Å². The number of hydrogen-bond donors (Lipinski definition) is 4. The maximum Gasteiger partial charge on any atom is 0.319 e. The molecule has 0 aliphatic rings. The molecule has 0 unspecified atom stereocenters. The Balaban J connectivity index is 2.54. The number of carbonyl (C=O) groups is 1. The van der Waals surface area contributed by atoms with Crippen molar-refractivity contribution in [3.8, 4) is 0 Å². The summed E-state index contributed by atoms with van der Waals surface area (Å²) >= 11 is 0. The highest BCUT2D eigenvalue weighted by Crippen LogP contribution is 2.10. The minimum absolute atomic E-state index is 0.155. The highest BCUT2D eigenvalue weighted by atomic mass is 32.2. The third-order valence-electron chi connectivity index (χ3n) is 2.57. The Morgan fingerprint density at radius 1 is 1.33 bits per heavy atom. The van der Waals surface area contributed by atoms with Crippen molar-refractivity contribution in [2.24, 2.45) is 5.73 Å². The monoisotopic (exact) mass is 314 g/mol. The van der Waals surface area contributed by atoms with E-state index < -0.39 is 21.6 Å². The zero-order chi connectivity index (χ0) is 16.1. The molecule has 118 valence electrons. The van der Waals surface area contributed by atoms with Crippen molar-refractivity contribution in [1.29, 1.82) is 0 Å². The Kier molecular flexibility index (Phi) is 5.70. The topological polar surface area (TPSA) is 113 Å². The van der Waals surface area contributed by atoms with E-state index in [9.17, 15) is 13.2 Å². The van der Waals surface area contributed by atoms with Gasteiger partial charge < -0.3 is 16.4 Å². The summed E-state index contributed by atoms with van der Waals surface area (Å²) in [5.74, 6) is 0. The molecule has 0 radical (unpaired) electrons. The minimum atomic E-state index is -3.33. The Labute approximate surface area is 125 Å². The molecule has 0 bridgehead atoms. The number of benzene rings is 1. The molecule has 0 fully saturated rings. The van der Waals surface area contributed by atoms with Gasteiger partial charge in [0.15, 0.2) is 0 Å². The second kappa shape index (κ2) is 6.88. The molecule has 7 nitrogen and oxygen atoms in total. The summed E-state index contributed by atoms with van der Waals surface area (Å²) in [6.07, 6.45) is 1.08. The van der Waals surface area contributed by atoms with Gasteiger partial charge in [-0.25, -0.2) is 17.9 Å². The van der Waals surface area contributed by atoms with Gasteiger partial charge in [0, 0.05) is 24.3 Å². The molecular formula is C13H22N4O3S. The Bertz CT molecular complexity index is 599. The maximum absolute atomic E-state index is 11.8. The third-order valence-corrected chi connectivity index (χ3v) is 3.50. The number of sulfonamides is 1. The lowest BCUT2D eigenvalue weighted by Crippen LogP contribution is -2.51. The predicted molar refractivity (Wildman–Crippen MR) is 83.4 cm³/mol. The van der Waals surface area contributed by atoms with Crippen molar-refractivity contribution in [3.05, 3.63) is 29.8 Å². The van der Waals surface area contributed by atoms with Crippen molar-refractivity contribution in [2.45, 2.75) is 25.9 Å². The average Bonchev–Trinajstić information content (AvgIpc) is 2.34.